The third kappa shape index (κ3) is 2.47. The van der Waals surface area contributed by atoms with Gasteiger partial charge in [0.15, 0.2) is 0 Å². The van der Waals surface area contributed by atoms with E-state index in [9.17, 15) is 0 Å². The largest absolute Gasteiger partial charge is 0.385 e. The van der Waals surface area contributed by atoms with Crippen molar-refractivity contribution in [3.63, 3.8) is 0 Å². The third-order valence-electron chi connectivity index (χ3n) is 3.43. The van der Waals surface area contributed by atoms with Crippen molar-refractivity contribution >= 4 is 0 Å². The maximum atomic E-state index is 5.65. The van der Waals surface area contributed by atoms with E-state index in [0.29, 0.717) is 6.04 Å². The highest BCUT2D eigenvalue weighted by Crippen LogP contribution is 2.39. The van der Waals surface area contributed by atoms with Gasteiger partial charge in [-0.15, -0.1) is 0 Å². The van der Waals surface area contributed by atoms with Crippen molar-refractivity contribution in [1.82, 2.24) is 5.32 Å². The topological polar surface area (TPSA) is 30.5 Å². The molecule has 0 spiro atoms. The first-order chi connectivity index (χ1) is 6.79. The quantitative estimate of drug-likeness (QED) is 0.634. The van der Waals surface area contributed by atoms with Gasteiger partial charge in [0.2, 0.25) is 0 Å². The van der Waals surface area contributed by atoms with Crippen LogP contribution in [0, 0.1) is 0 Å². The summed E-state index contributed by atoms with van der Waals surface area (Å²) in [6, 6.07) is 0.483. The van der Waals surface area contributed by atoms with E-state index in [4.69, 9.17) is 9.47 Å². The van der Waals surface area contributed by atoms with Crippen LogP contribution in [0.5, 0.6) is 0 Å². The number of nitrogens with one attached hydrogen (secondary N) is 1. The lowest BCUT2D eigenvalue weighted by Gasteiger charge is -2.46. The van der Waals surface area contributed by atoms with Crippen LogP contribution < -0.4 is 5.32 Å². The molecule has 1 saturated carbocycles. The highest BCUT2D eigenvalue weighted by Gasteiger charge is 2.43. The average Bonchev–Trinajstić information content (AvgIpc) is 2.14. The van der Waals surface area contributed by atoms with E-state index < -0.39 is 0 Å². The Balaban J connectivity index is 2.35. The van der Waals surface area contributed by atoms with Gasteiger partial charge in [-0.25, -0.2) is 0 Å². The molecule has 0 aromatic carbocycles. The molecule has 0 heterocycles. The molecule has 1 unspecified atom stereocenters. The molecule has 84 valence electrons. The van der Waals surface area contributed by atoms with Crippen molar-refractivity contribution in [2.45, 2.75) is 43.7 Å². The minimum atomic E-state index is 0.114. The Morgan fingerprint density at radius 3 is 2.43 bits per heavy atom. The van der Waals surface area contributed by atoms with Crippen LogP contribution >= 0.6 is 0 Å². The van der Waals surface area contributed by atoms with Crippen molar-refractivity contribution < 1.29 is 9.47 Å². The van der Waals surface area contributed by atoms with Crippen LogP contribution in [-0.2, 0) is 9.47 Å². The van der Waals surface area contributed by atoms with E-state index in [-0.39, 0.29) is 5.60 Å². The summed E-state index contributed by atoms with van der Waals surface area (Å²) in [7, 11) is 5.61. The molecule has 3 heteroatoms. The Morgan fingerprint density at radius 1 is 1.36 bits per heavy atom. The smallest absolute Gasteiger partial charge is 0.0830 e. The van der Waals surface area contributed by atoms with Crippen molar-refractivity contribution in [2.24, 2.45) is 0 Å². The fourth-order valence-electron chi connectivity index (χ4n) is 2.32. The number of methoxy groups -OCH3 is 2. The van der Waals surface area contributed by atoms with Gasteiger partial charge in [0, 0.05) is 26.9 Å². The zero-order chi connectivity index (χ0) is 10.4. The summed E-state index contributed by atoms with van der Waals surface area (Å²) in [5.74, 6) is 0. The first-order valence-electron chi connectivity index (χ1n) is 5.50. The third-order valence-corrected chi connectivity index (χ3v) is 3.43. The van der Waals surface area contributed by atoms with Gasteiger partial charge in [-0.1, -0.05) is 0 Å². The Morgan fingerprint density at radius 2 is 2.07 bits per heavy atom. The predicted molar refractivity (Wildman–Crippen MR) is 57.5 cm³/mol. The molecule has 1 aliphatic carbocycles. The highest BCUT2D eigenvalue weighted by atomic mass is 16.5. The summed E-state index contributed by atoms with van der Waals surface area (Å²) >= 11 is 0. The SMILES string of the molecule is CNC(CCCOC)C1(OC)CCC1. The first kappa shape index (κ1) is 12.0. The molecule has 0 bridgehead atoms. The molecular formula is C11H23NO2. The Bertz CT molecular complexity index is 152. The lowest BCUT2D eigenvalue weighted by atomic mass is 9.73. The standard InChI is InChI=1S/C11H23NO2/c1-12-10(6-4-9-13-2)11(14-3)7-5-8-11/h10,12H,4-9H2,1-3H3. The maximum absolute atomic E-state index is 5.65. The Hall–Kier alpha value is -0.120. The van der Waals surface area contributed by atoms with Crippen LogP contribution in [0.15, 0.2) is 0 Å². The summed E-state index contributed by atoms with van der Waals surface area (Å²) in [6.07, 6.45) is 5.94. The van der Waals surface area contributed by atoms with E-state index in [1.54, 1.807) is 7.11 Å². The molecule has 1 rings (SSSR count). The molecule has 0 aromatic rings. The van der Waals surface area contributed by atoms with Crippen LogP contribution in [0.4, 0.5) is 0 Å². The number of ether oxygens (including phenoxy) is 2. The zero-order valence-corrected chi connectivity index (χ0v) is 9.64. The number of hydrogen-bond acceptors (Lipinski definition) is 3. The Labute approximate surface area is 87.2 Å². The minimum Gasteiger partial charge on any atom is -0.385 e. The van der Waals surface area contributed by atoms with Crippen LogP contribution in [-0.4, -0.2) is 39.5 Å². The minimum absolute atomic E-state index is 0.114. The zero-order valence-electron chi connectivity index (χ0n) is 9.64. The van der Waals surface area contributed by atoms with E-state index in [0.717, 1.165) is 19.4 Å². The molecular weight excluding hydrogens is 178 g/mol. The fraction of sp³-hybridized carbons (Fsp3) is 1.00. The maximum Gasteiger partial charge on any atom is 0.0830 e. The normalized spacial score (nSPS) is 21.6. The van der Waals surface area contributed by atoms with Crippen LogP contribution in [0.3, 0.4) is 0 Å². The van der Waals surface area contributed by atoms with Crippen LogP contribution in [0.25, 0.3) is 0 Å². The summed E-state index contributed by atoms with van der Waals surface area (Å²) in [5, 5.41) is 3.37. The van der Waals surface area contributed by atoms with Crippen LogP contribution in [0.1, 0.15) is 32.1 Å². The van der Waals surface area contributed by atoms with Gasteiger partial charge in [-0.2, -0.15) is 0 Å². The molecule has 3 nitrogen and oxygen atoms in total. The lowest BCUT2D eigenvalue weighted by molar-refractivity contribution is -0.0993. The fourth-order valence-corrected chi connectivity index (χ4v) is 2.32. The van der Waals surface area contributed by atoms with Crippen molar-refractivity contribution in [1.29, 1.82) is 0 Å². The van der Waals surface area contributed by atoms with E-state index in [2.05, 4.69) is 5.32 Å². The molecule has 0 amide bonds. The van der Waals surface area contributed by atoms with Gasteiger partial charge in [0.25, 0.3) is 0 Å². The summed E-state index contributed by atoms with van der Waals surface area (Å²) in [5.41, 5.74) is 0.114. The van der Waals surface area contributed by atoms with Crippen molar-refractivity contribution in [3.05, 3.63) is 0 Å². The van der Waals surface area contributed by atoms with Gasteiger partial charge in [-0.05, 0) is 39.2 Å². The van der Waals surface area contributed by atoms with E-state index in [1.807, 2.05) is 14.2 Å². The molecule has 0 saturated heterocycles. The number of likely N-dealkylation sites (N-methyl/N-ethyl adjacent to an activating group) is 1. The molecule has 0 radical (unpaired) electrons. The molecule has 1 atom stereocenters. The van der Waals surface area contributed by atoms with Gasteiger partial charge >= 0.3 is 0 Å². The lowest BCUT2D eigenvalue weighted by Crippen LogP contribution is -2.55. The number of rotatable bonds is 7. The molecule has 0 aromatic heterocycles. The van der Waals surface area contributed by atoms with E-state index in [1.165, 1.54) is 19.3 Å². The van der Waals surface area contributed by atoms with Gasteiger partial charge in [-0.3, -0.25) is 0 Å². The molecule has 0 aliphatic heterocycles. The Kier molecular flexibility index (Phi) is 4.85. The second-order valence-electron chi connectivity index (χ2n) is 4.10. The average molecular weight is 201 g/mol. The second kappa shape index (κ2) is 5.69. The summed E-state index contributed by atoms with van der Waals surface area (Å²) < 4.78 is 10.7. The predicted octanol–water partition coefficient (Wildman–Crippen LogP) is 1.57. The monoisotopic (exact) mass is 201 g/mol. The highest BCUT2D eigenvalue weighted by molar-refractivity contribution is 4.98. The molecule has 1 fully saturated rings. The van der Waals surface area contributed by atoms with Gasteiger partial charge < -0.3 is 14.8 Å². The van der Waals surface area contributed by atoms with Crippen LogP contribution in [0.2, 0.25) is 0 Å². The second-order valence-corrected chi connectivity index (χ2v) is 4.10. The first-order valence-corrected chi connectivity index (χ1v) is 5.50. The van der Waals surface area contributed by atoms with Crippen molar-refractivity contribution in [3.8, 4) is 0 Å². The summed E-state index contributed by atoms with van der Waals surface area (Å²) in [6.45, 7) is 0.845. The van der Waals surface area contributed by atoms with Gasteiger partial charge in [0.05, 0.1) is 5.60 Å². The molecule has 14 heavy (non-hydrogen) atoms. The molecule has 1 aliphatic rings. The summed E-state index contributed by atoms with van der Waals surface area (Å²) in [4.78, 5) is 0. The number of hydrogen-bond donors (Lipinski definition) is 1. The van der Waals surface area contributed by atoms with Gasteiger partial charge in [0.1, 0.15) is 0 Å². The van der Waals surface area contributed by atoms with E-state index >= 15 is 0 Å². The molecule has 1 N–H and O–H groups in total. The van der Waals surface area contributed by atoms with Crippen molar-refractivity contribution in [2.75, 3.05) is 27.9 Å².